The Morgan fingerprint density at radius 3 is 2.54 bits per heavy atom. The van der Waals surface area contributed by atoms with Crippen LogP contribution in [0.15, 0.2) is 39.6 Å². The first-order valence-corrected chi connectivity index (χ1v) is 8.96. The summed E-state index contributed by atoms with van der Waals surface area (Å²) < 4.78 is 45.5. The van der Waals surface area contributed by atoms with Gasteiger partial charge in [-0.05, 0) is 28.1 Å². The van der Waals surface area contributed by atoms with E-state index < -0.39 is 11.7 Å². The molecular weight excluding hydrogens is 488 g/mol. The van der Waals surface area contributed by atoms with Gasteiger partial charge in [-0.25, -0.2) is 4.98 Å². The zero-order valence-corrected chi connectivity index (χ0v) is 16.4. The first-order valence-electron chi connectivity index (χ1n) is 7.41. The molecule has 0 saturated carbocycles. The van der Waals surface area contributed by atoms with Gasteiger partial charge in [-0.15, -0.1) is 0 Å². The molecule has 0 spiro atoms. The van der Waals surface area contributed by atoms with Gasteiger partial charge in [-0.2, -0.15) is 18.2 Å². The van der Waals surface area contributed by atoms with Crippen LogP contribution < -0.4 is 0 Å². The van der Waals surface area contributed by atoms with Crippen molar-refractivity contribution in [1.82, 2.24) is 19.5 Å². The molecule has 6 nitrogen and oxygen atoms in total. The molecule has 1 aromatic carbocycles. The first kappa shape index (κ1) is 19.0. The lowest BCUT2D eigenvalue weighted by Gasteiger charge is -2.07. The Bertz CT molecular complexity index is 1220. The van der Waals surface area contributed by atoms with Crippen molar-refractivity contribution in [3.8, 4) is 28.7 Å². The average molecular weight is 494 g/mol. The van der Waals surface area contributed by atoms with E-state index >= 15 is 0 Å². The number of fused-ring (bicyclic) bond motifs is 1. The Morgan fingerprint density at radius 1 is 1.07 bits per heavy atom. The third-order valence-electron chi connectivity index (χ3n) is 3.76. The van der Waals surface area contributed by atoms with Gasteiger partial charge in [0.25, 0.3) is 5.89 Å². The maximum absolute atomic E-state index is 13.0. The van der Waals surface area contributed by atoms with E-state index in [-0.39, 0.29) is 43.3 Å². The number of phenols is 1. The van der Waals surface area contributed by atoms with E-state index in [0.717, 1.165) is 12.3 Å². The average Bonchev–Trinajstić information content (AvgIpc) is 3.24. The summed E-state index contributed by atoms with van der Waals surface area (Å²) in [4.78, 5) is 8.38. The van der Waals surface area contributed by atoms with Crippen molar-refractivity contribution in [2.24, 2.45) is 0 Å². The highest BCUT2D eigenvalue weighted by atomic mass is 79.9. The van der Waals surface area contributed by atoms with Crippen LogP contribution in [0.4, 0.5) is 13.2 Å². The molecule has 0 fully saturated rings. The van der Waals surface area contributed by atoms with Crippen molar-refractivity contribution in [2.45, 2.75) is 6.18 Å². The van der Waals surface area contributed by atoms with E-state index in [1.165, 1.54) is 22.7 Å². The van der Waals surface area contributed by atoms with E-state index in [1.54, 1.807) is 0 Å². The number of hydrogen-bond acceptors (Lipinski definition) is 5. The van der Waals surface area contributed by atoms with Crippen LogP contribution in [0.1, 0.15) is 5.56 Å². The lowest BCUT2D eigenvalue weighted by molar-refractivity contribution is -0.137. The standard InChI is InChI=1S/C16H6BrCl2F3N4O2/c17-8-1-6(16(20,21)22)4-26-5-11(23-14(8)26)15-24-13(25-28-15)7-2-10(19)12(27)3-9(7)18/h1-5,27H. The van der Waals surface area contributed by atoms with E-state index in [0.29, 0.717) is 5.56 Å². The molecule has 4 rings (SSSR count). The van der Waals surface area contributed by atoms with Crippen LogP contribution in [0, 0.1) is 0 Å². The van der Waals surface area contributed by atoms with Gasteiger partial charge >= 0.3 is 6.18 Å². The quantitative estimate of drug-likeness (QED) is 0.379. The number of benzene rings is 1. The zero-order chi connectivity index (χ0) is 20.2. The predicted octanol–water partition coefficient (Wildman–Crippen LogP) is 5.85. The second-order valence-electron chi connectivity index (χ2n) is 5.64. The second kappa shape index (κ2) is 6.64. The van der Waals surface area contributed by atoms with Crippen molar-refractivity contribution in [2.75, 3.05) is 0 Å². The van der Waals surface area contributed by atoms with Gasteiger partial charge in [-0.3, -0.25) is 0 Å². The molecule has 144 valence electrons. The highest BCUT2D eigenvalue weighted by Crippen LogP contribution is 2.36. The fourth-order valence-corrected chi connectivity index (χ4v) is 3.41. The maximum Gasteiger partial charge on any atom is 0.417 e. The number of rotatable bonds is 2. The van der Waals surface area contributed by atoms with Crippen LogP contribution in [0.25, 0.3) is 28.6 Å². The minimum atomic E-state index is -4.51. The summed E-state index contributed by atoms with van der Waals surface area (Å²) in [5, 5.41) is 13.5. The molecule has 0 bridgehead atoms. The number of phenolic OH excluding ortho intramolecular Hbond substituents is 1. The maximum atomic E-state index is 13.0. The summed E-state index contributed by atoms with van der Waals surface area (Å²) in [6.07, 6.45) is -2.27. The molecule has 0 atom stereocenters. The first-order chi connectivity index (χ1) is 13.1. The van der Waals surface area contributed by atoms with Crippen LogP contribution in [0.3, 0.4) is 0 Å². The van der Waals surface area contributed by atoms with Crippen molar-refractivity contribution < 1.29 is 22.8 Å². The lowest BCUT2D eigenvalue weighted by Crippen LogP contribution is -2.06. The molecule has 0 aliphatic rings. The summed E-state index contributed by atoms with van der Waals surface area (Å²) in [5.74, 6) is -0.154. The minimum absolute atomic E-state index is 0.0283. The molecule has 4 aromatic rings. The summed E-state index contributed by atoms with van der Waals surface area (Å²) in [6, 6.07) is 3.53. The molecule has 0 amide bonds. The Balaban J connectivity index is 1.78. The molecule has 3 aromatic heterocycles. The monoisotopic (exact) mass is 492 g/mol. The van der Waals surface area contributed by atoms with Crippen molar-refractivity contribution in [3.05, 3.63) is 50.7 Å². The van der Waals surface area contributed by atoms with Gasteiger partial charge in [0.05, 0.1) is 20.1 Å². The van der Waals surface area contributed by atoms with E-state index in [2.05, 4.69) is 31.1 Å². The van der Waals surface area contributed by atoms with E-state index in [4.69, 9.17) is 27.7 Å². The normalized spacial score (nSPS) is 12.1. The van der Waals surface area contributed by atoms with Crippen LogP contribution in [0.5, 0.6) is 5.75 Å². The molecule has 0 radical (unpaired) electrons. The number of hydrogen-bond donors (Lipinski definition) is 1. The third-order valence-corrected chi connectivity index (χ3v) is 4.96. The Hall–Kier alpha value is -2.30. The van der Waals surface area contributed by atoms with Crippen molar-refractivity contribution in [1.29, 1.82) is 0 Å². The zero-order valence-electron chi connectivity index (χ0n) is 13.3. The van der Waals surface area contributed by atoms with E-state index in [1.807, 2.05) is 0 Å². The summed E-state index contributed by atoms with van der Waals surface area (Å²) >= 11 is 15.0. The van der Waals surface area contributed by atoms with Crippen LogP contribution >= 0.6 is 39.1 Å². The molecule has 0 unspecified atom stereocenters. The van der Waals surface area contributed by atoms with Gasteiger partial charge < -0.3 is 14.0 Å². The fourth-order valence-electron chi connectivity index (χ4n) is 2.46. The number of pyridine rings is 1. The molecule has 0 saturated heterocycles. The number of alkyl halides is 3. The van der Waals surface area contributed by atoms with E-state index in [9.17, 15) is 18.3 Å². The molecule has 28 heavy (non-hydrogen) atoms. The summed E-state index contributed by atoms with van der Waals surface area (Å²) in [6.45, 7) is 0. The highest BCUT2D eigenvalue weighted by Gasteiger charge is 2.32. The van der Waals surface area contributed by atoms with Crippen molar-refractivity contribution >= 4 is 44.8 Å². The predicted molar refractivity (Wildman–Crippen MR) is 98.3 cm³/mol. The van der Waals surface area contributed by atoms with Gasteiger partial charge in [0.1, 0.15) is 11.4 Å². The molecule has 3 heterocycles. The Labute approximate surface area is 172 Å². The molecule has 12 heteroatoms. The molecule has 0 aliphatic carbocycles. The summed E-state index contributed by atoms with van der Waals surface area (Å²) in [5.41, 5.74) is -0.121. The third kappa shape index (κ3) is 3.31. The lowest BCUT2D eigenvalue weighted by atomic mass is 10.2. The van der Waals surface area contributed by atoms with Gasteiger partial charge in [0.15, 0.2) is 5.65 Å². The Kier molecular flexibility index (Phi) is 4.52. The molecular formula is C16H6BrCl2F3N4O2. The minimum Gasteiger partial charge on any atom is -0.506 e. The molecule has 1 N–H and O–H groups in total. The smallest absolute Gasteiger partial charge is 0.417 e. The number of aromatic nitrogens is 4. The Morgan fingerprint density at radius 2 is 1.82 bits per heavy atom. The number of aromatic hydroxyl groups is 1. The van der Waals surface area contributed by atoms with Gasteiger partial charge in [0, 0.05) is 24.0 Å². The number of halogens is 6. The highest BCUT2D eigenvalue weighted by molar-refractivity contribution is 9.10. The van der Waals surface area contributed by atoms with Crippen LogP contribution in [-0.4, -0.2) is 24.6 Å². The summed E-state index contributed by atoms with van der Waals surface area (Å²) in [7, 11) is 0. The SMILES string of the molecule is Oc1cc(Cl)c(-c2noc(-c3cn4cc(C(F)(F)F)cc(Br)c4n3)n2)cc1Cl. The number of nitrogens with zero attached hydrogens (tertiary/aromatic N) is 4. The van der Waals surface area contributed by atoms with Crippen molar-refractivity contribution in [3.63, 3.8) is 0 Å². The fraction of sp³-hybridized carbons (Fsp3) is 0.0625. The second-order valence-corrected chi connectivity index (χ2v) is 7.31. The largest absolute Gasteiger partial charge is 0.506 e. The molecule has 0 aliphatic heterocycles. The van der Waals surface area contributed by atoms with Crippen LogP contribution in [0.2, 0.25) is 10.0 Å². The van der Waals surface area contributed by atoms with Gasteiger partial charge in [-0.1, -0.05) is 28.4 Å². The topological polar surface area (TPSA) is 76.5 Å². The van der Waals surface area contributed by atoms with Gasteiger partial charge in [0.2, 0.25) is 5.82 Å². The number of imidazole rings is 1. The van der Waals surface area contributed by atoms with Crippen LogP contribution in [-0.2, 0) is 6.18 Å².